The number of β-amino-alcohol motifs (C(OH)–C–C–N with tert-alkyl or cyclic N) is 1. The molecule has 6 nitrogen and oxygen atoms in total. The van der Waals surface area contributed by atoms with Gasteiger partial charge in [0.2, 0.25) is 5.79 Å². The van der Waals surface area contributed by atoms with Crippen LogP contribution in [-0.4, -0.2) is 21.4 Å². The maximum absolute atomic E-state index is 10.7. The number of phosphoric ester groups is 1. The highest BCUT2D eigenvalue weighted by Gasteiger charge is 2.43. The first-order chi connectivity index (χ1) is 7.30. The molecule has 0 saturated carbocycles. The van der Waals surface area contributed by atoms with Gasteiger partial charge in [-0.1, -0.05) is 17.7 Å². The highest BCUT2D eigenvalue weighted by atomic mass is 35.5. The van der Waals surface area contributed by atoms with Crippen LogP contribution in [0.25, 0.3) is 0 Å². The van der Waals surface area contributed by atoms with Crippen LogP contribution in [0.3, 0.4) is 0 Å². The van der Waals surface area contributed by atoms with Crippen LogP contribution in [0.1, 0.15) is 5.56 Å². The van der Waals surface area contributed by atoms with Gasteiger partial charge in [-0.25, -0.2) is 9.09 Å². The molecule has 0 radical (unpaired) electrons. The molecule has 1 aliphatic rings. The topological polar surface area (TPSA) is 99.0 Å². The minimum atomic E-state index is -4.77. The number of hydrogen-bond donors (Lipinski definition) is 4. The van der Waals surface area contributed by atoms with Gasteiger partial charge in [-0.15, -0.1) is 0 Å². The molecule has 0 aliphatic carbocycles. The van der Waals surface area contributed by atoms with E-state index >= 15 is 0 Å². The first-order valence-corrected chi connectivity index (χ1v) is 6.24. The third-order valence-corrected chi connectivity index (χ3v) is 2.97. The van der Waals surface area contributed by atoms with Crippen molar-refractivity contribution in [1.82, 2.24) is 0 Å². The Labute approximate surface area is 96.1 Å². The predicted octanol–water partition coefficient (Wildman–Crippen LogP) is 1.02. The Balaban J connectivity index is 2.39. The van der Waals surface area contributed by atoms with Crippen molar-refractivity contribution in [3.63, 3.8) is 0 Å². The number of fused-ring (bicyclic) bond motifs is 1. The van der Waals surface area contributed by atoms with Gasteiger partial charge in [0.25, 0.3) is 0 Å². The molecule has 16 heavy (non-hydrogen) atoms. The number of anilines is 1. The largest absolute Gasteiger partial charge is 0.472 e. The Morgan fingerprint density at radius 2 is 2.19 bits per heavy atom. The van der Waals surface area contributed by atoms with Crippen molar-refractivity contribution in [3.8, 4) is 0 Å². The van der Waals surface area contributed by atoms with E-state index < -0.39 is 13.6 Å². The van der Waals surface area contributed by atoms with Crippen LogP contribution in [0.5, 0.6) is 0 Å². The lowest BCUT2D eigenvalue weighted by molar-refractivity contribution is -0.140. The molecule has 0 aromatic heterocycles. The van der Waals surface area contributed by atoms with Gasteiger partial charge in [0, 0.05) is 16.3 Å². The average Bonchev–Trinajstić information content (AvgIpc) is 2.40. The number of aliphatic hydroxyl groups is 1. The molecule has 2 rings (SSSR count). The molecule has 0 spiro atoms. The minimum Gasteiger partial charge on any atom is -0.379 e. The molecule has 1 atom stereocenters. The van der Waals surface area contributed by atoms with Crippen LogP contribution < -0.4 is 5.32 Å². The third-order valence-electron chi connectivity index (χ3n) is 2.19. The van der Waals surface area contributed by atoms with Crippen LogP contribution in [-0.2, 0) is 14.9 Å². The second-order valence-electron chi connectivity index (χ2n) is 3.41. The first kappa shape index (κ1) is 11.9. The van der Waals surface area contributed by atoms with Crippen molar-refractivity contribution in [1.29, 1.82) is 0 Å². The Morgan fingerprint density at radius 3 is 2.81 bits per heavy atom. The molecule has 8 heteroatoms. The lowest BCUT2D eigenvalue weighted by Crippen LogP contribution is -2.30. The van der Waals surface area contributed by atoms with Gasteiger partial charge >= 0.3 is 7.82 Å². The number of hydrogen-bond acceptors (Lipinski definition) is 4. The van der Waals surface area contributed by atoms with Crippen LogP contribution >= 0.6 is 19.4 Å². The molecule has 4 N–H and O–H groups in total. The highest BCUT2D eigenvalue weighted by Crippen LogP contribution is 2.48. The number of phosphoric acid groups is 1. The molecule has 0 saturated heterocycles. The maximum atomic E-state index is 10.7. The summed E-state index contributed by atoms with van der Waals surface area (Å²) >= 11 is 5.73. The summed E-state index contributed by atoms with van der Waals surface area (Å²) in [6, 6.07) is 4.49. The molecule has 0 amide bonds. The van der Waals surface area contributed by atoms with Gasteiger partial charge in [0.05, 0.1) is 6.54 Å². The summed E-state index contributed by atoms with van der Waals surface area (Å²) in [6.45, 7) is -0.145. The SMILES string of the molecule is O=P(O)(O)OC1(O)CNc2cc(Cl)ccc21. The minimum absolute atomic E-state index is 0.145. The standard InChI is InChI=1S/C8H9ClNO5P/c9-5-1-2-6-7(3-5)10-4-8(6,11)15-16(12,13)14/h1-3,10-11H,4H2,(H2,12,13,14). The van der Waals surface area contributed by atoms with Crippen molar-refractivity contribution in [2.24, 2.45) is 0 Å². The lowest BCUT2D eigenvalue weighted by atomic mass is 10.1. The van der Waals surface area contributed by atoms with E-state index in [2.05, 4.69) is 9.84 Å². The summed E-state index contributed by atoms with van der Waals surface area (Å²) in [5.74, 6) is -2.03. The fourth-order valence-electron chi connectivity index (χ4n) is 1.59. The summed E-state index contributed by atoms with van der Waals surface area (Å²) < 4.78 is 15.1. The molecule has 1 aromatic rings. The molecule has 1 unspecified atom stereocenters. The van der Waals surface area contributed by atoms with Crippen LogP contribution in [0.2, 0.25) is 5.02 Å². The van der Waals surface area contributed by atoms with Crippen molar-refractivity contribution < 1.29 is 24.0 Å². The van der Waals surface area contributed by atoms with E-state index in [1.165, 1.54) is 18.2 Å². The Morgan fingerprint density at radius 1 is 1.50 bits per heavy atom. The average molecular weight is 266 g/mol. The smallest absolute Gasteiger partial charge is 0.379 e. The van der Waals surface area contributed by atoms with Gasteiger partial charge in [-0.05, 0) is 12.1 Å². The Hall–Kier alpha value is -0.620. The van der Waals surface area contributed by atoms with E-state index in [9.17, 15) is 9.67 Å². The highest BCUT2D eigenvalue weighted by molar-refractivity contribution is 7.46. The van der Waals surface area contributed by atoms with Crippen molar-refractivity contribution in [2.75, 3.05) is 11.9 Å². The summed E-state index contributed by atoms with van der Waals surface area (Å²) in [6.07, 6.45) is 0. The summed E-state index contributed by atoms with van der Waals surface area (Å²) in [4.78, 5) is 17.4. The van der Waals surface area contributed by atoms with Gasteiger partial charge in [-0.2, -0.15) is 0 Å². The number of rotatable bonds is 2. The van der Waals surface area contributed by atoms with E-state index in [-0.39, 0.29) is 12.1 Å². The van der Waals surface area contributed by atoms with Gasteiger partial charge in [-0.3, -0.25) is 0 Å². The van der Waals surface area contributed by atoms with E-state index in [0.717, 1.165) is 0 Å². The third kappa shape index (κ3) is 2.22. The van der Waals surface area contributed by atoms with E-state index in [1.807, 2.05) is 0 Å². The van der Waals surface area contributed by atoms with E-state index in [4.69, 9.17) is 21.4 Å². The van der Waals surface area contributed by atoms with Gasteiger partial charge in [0.1, 0.15) is 0 Å². The molecular formula is C8H9ClNO5P. The zero-order valence-electron chi connectivity index (χ0n) is 7.92. The second kappa shape index (κ2) is 3.70. The quantitative estimate of drug-likeness (QED) is 0.471. The molecule has 0 bridgehead atoms. The Kier molecular flexibility index (Phi) is 2.74. The van der Waals surface area contributed by atoms with Gasteiger partial charge < -0.3 is 20.2 Å². The fraction of sp³-hybridized carbons (Fsp3) is 0.250. The van der Waals surface area contributed by atoms with E-state index in [1.54, 1.807) is 0 Å². The van der Waals surface area contributed by atoms with Crippen LogP contribution in [0, 0.1) is 0 Å². The first-order valence-electron chi connectivity index (χ1n) is 4.33. The van der Waals surface area contributed by atoms with Crippen LogP contribution in [0.15, 0.2) is 18.2 Å². The zero-order chi connectivity index (χ0) is 12.0. The Bertz CT molecular complexity index is 475. The van der Waals surface area contributed by atoms with Gasteiger partial charge in [0.15, 0.2) is 0 Å². The van der Waals surface area contributed by atoms with Crippen molar-refractivity contribution >= 4 is 25.1 Å². The van der Waals surface area contributed by atoms with Crippen LogP contribution in [0.4, 0.5) is 5.69 Å². The maximum Gasteiger partial charge on any atom is 0.472 e. The van der Waals surface area contributed by atoms with E-state index in [0.29, 0.717) is 10.7 Å². The lowest BCUT2D eigenvalue weighted by Gasteiger charge is -2.22. The summed E-state index contributed by atoms with van der Waals surface area (Å²) in [5, 5.41) is 13.2. The van der Waals surface area contributed by atoms with Crippen molar-refractivity contribution in [2.45, 2.75) is 5.79 Å². The monoisotopic (exact) mass is 265 g/mol. The van der Waals surface area contributed by atoms with Crippen molar-refractivity contribution in [3.05, 3.63) is 28.8 Å². The number of benzene rings is 1. The summed E-state index contributed by atoms with van der Waals surface area (Å²) in [7, 11) is -4.77. The predicted molar refractivity (Wildman–Crippen MR) is 57.0 cm³/mol. The number of halogens is 1. The molecule has 1 heterocycles. The molecule has 1 aliphatic heterocycles. The fourth-order valence-corrected chi connectivity index (χ4v) is 2.32. The number of nitrogens with one attached hydrogen (secondary N) is 1. The zero-order valence-corrected chi connectivity index (χ0v) is 9.57. The molecular weight excluding hydrogens is 257 g/mol. The molecule has 88 valence electrons. The molecule has 0 fully saturated rings. The molecule has 1 aromatic carbocycles. The summed E-state index contributed by atoms with van der Waals surface area (Å²) in [5.41, 5.74) is 0.740. The second-order valence-corrected chi connectivity index (χ2v) is 5.01. The normalized spacial score (nSPS) is 24.0.